The van der Waals surface area contributed by atoms with E-state index < -0.39 is 0 Å². The van der Waals surface area contributed by atoms with Crippen LogP contribution in [0.4, 0.5) is 0 Å². The van der Waals surface area contributed by atoms with E-state index in [9.17, 15) is 0 Å². The fraction of sp³-hybridized carbons (Fsp3) is 0.867. The van der Waals surface area contributed by atoms with E-state index in [0.29, 0.717) is 5.92 Å². The lowest BCUT2D eigenvalue weighted by Gasteiger charge is -2.26. The maximum Gasteiger partial charge on any atom is 0.120 e. The number of unbranched alkanes of at least 4 members (excludes halogenated alkanes) is 1. The van der Waals surface area contributed by atoms with Gasteiger partial charge in [0.25, 0.3) is 0 Å². The zero-order valence-electron chi connectivity index (χ0n) is 11.9. The molecular weight excluding hydrogens is 276 g/mol. The van der Waals surface area contributed by atoms with Gasteiger partial charge in [-0.25, -0.2) is 0 Å². The quantitative estimate of drug-likeness (QED) is 0.649. The van der Waals surface area contributed by atoms with Gasteiger partial charge in [0.1, 0.15) is 10.0 Å². The molecule has 0 saturated heterocycles. The Kier molecular flexibility index (Phi) is 6.58. The Morgan fingerprint density at radius 2 is 1.95 bits per heavy atom. The molecule has 1 aromatic heterocycles. The van der Waals surface area contributed by atoms with Crippen molar-refractivity contribution in [2.24, 2.45) is 5.92 Å². The van der Waals surface area contributed by atoms with Crippen LogP contribution in [0.15, 0.2) is 0 Å². The van der Waals surface area contributed by atoms with E-state index in [0.717, 1.165) is 24.6 Å². The predicted molar refractivity (Wildman–Crippen MR) is 83.2 cm³/mol. The van der Waals surface area contributed by atoms with Gasteiger partial charge in [0.15, 0.2) is 0 Å². The smallest absolute Gasteiger partial charge is 0.120 e. The Balaban J connectivity index is 1.78. The van der Waals surface area contributed by atoms with Crippen LogP contribution >= 0.6 is 22.9 Å². The second-order valence-electron chi connectivity index (χ2n) is 5.69. The monoisotopic (exact) mass is 300 g/mol. The number of alkyl halides is 1. The number of rotatable bonds is 7. The lowest BCUT2D eigenvalue weighted by molar-refractivity contribution is 0.303. The Morgan fingerprint density at radius 3 is 2.63 bits per heavy atom. The fourth-order valence-electron chi connectivity index (χ4n) is 2.94. The van der Waals surface area contributed by atoms with Crippen molar-refractivity contribution < 1.29 is 0 Å². The van der Waals surface area contributed by atoms with Crippen LogP contribution in [0.25, 0.3) is 0 Å². The molecule has 0 amide bonds. The van der Waals surface area contributed by atoms with E-state index in [2.05, 4.69) is 17.1 Å². The average Bonchev–Trinajstić information content (AvgIpc) is 2.92. The standard InChI is InChI=1S/C15H25ClN2S/c1-2-3-5-12-7-9-13(10-8-12)15-18-17-14(19-15)6-4-11-16/h12-13H,2-11H2,1H3. The number of aryl methyl sites for hydroxylation is 1. The first-order valence-electron chi connectivity index (χ1n) is 7.71. The fourth-order valence-corrected chi connectivity index (χ4v) is 4.13. The minimum Gasteiger partial charge on any atom is -0.144 e. The number of halogens is 1. The van der Waals surface area contributed by atoms with E-state index in [1.807, 2.05) is 11.3 Å². The number of hydrogen-bond donors (Lipinski definition) is 0. The molecule has 1 heterocycles. The second kappa shape index (κ2) is 8.21. The van der Waals surface area contributed by atoms with Crippen molar-refractivity contribution in [2.45, 2.75) is 70.6 Å². The van der Waals surface area contributed by atoms with Gasteiger partial charge >= 0.3 is 0 Å². The Bertz CT molecular complexity index is 359. The van der Waals surface area contributed by atoms with Crippen LogP contribution in [0, 0.1) is 5.92 Å². The van der Waals surface area contributed by atoms with E-state index in [-0.39, 0.29) is 0 Å². The molecule has 19 heavy (non-hydrogen) atoms. The summed E-state index contributed by atoms with van der Waals surface area (Å²) in [5, 5.41) is 11.2. The van der Waals surface area contributed by atoms with Crippen LogP contribution < -0.4 is 0 Å². The van der Waals surface area contributed by atoms with Gasteiger partial charge in [-0.3, -0.25) is 0 Å². The van der Waals surface area contributed by atoms with Gasteiger partial charge in [-0.05, 0) is 38.0 Å². The zero-order chi connectivity index (χ0) is 13.5. The van der Waals surface area contributed by atoms with Gasteiger partial charge in [-0.15, -0.1) is 33.1 Å². The summed E-state index contributed by atoms with van der Waals surface area (Å²) in [6.07, 6.45) is 11.6. The van der Waals surface area contributed by atoms with Crippen molar-refractivity contribution in [2.75, 3.05) is 5.88 Å². The van der Waals surface area contributed by atoms with Gasteiger partial charge < -0.3 is 0 Å². The van der Waals surface area contributed by atoms with Crippen LogP contribution in [0.5, 0.6) is 0 Å². The van der Waals surface area contributed by atoms with E-state index in [1.165, 1.54) is 55.0 Å². The van der Waals surface area contributed by atoms with Crippen LogP contribution in [0.2, 0.25) is 0 Å². The zero-order valence-corrected chi connectivity index (χ0v) is 13.5. The molecule has 1 fully saturated rings. The molecule has 0 N–H and O–H groups in total. The minimum absolute atomic E-state index is 0.681. The van der Waals surface area contributed by atoms with Crippen molar-refractivity contribution in [1.82, 2.24) is 10.2 Å². The summed E-state index contributed by atoms with van der Waals surface area (Å²) in [6.45, 7) is 2.29. The highest BCUT2D eigenvalue weighted by atomic mass is 35.5. The first kappa shape index (κ1) is 15.2. The summed E-state index contributed by atoms with van der Waals surface area (Å²) in [7, 11) is 0. The highest BCUT2D eigenvalue weighted by Gasteiger charge is 2.24. The van der Waals surface area contributed by atoms with Gasteiger partial charge in [0.2, 0.25) is 0 Å². The maximum atomic E-state index is 5.72. The van der Waals surface area contributed by atoms with Crippen LogP contribution in [-0.4, -0.2) is 16.1 Å². The largest absolute Gasteiger partial charge is 0.144 e. The van der Waals surface area contributed by atoms with Crippen molar-refractivity contribution in [1.29, 1.82) is 0 Å². The first-order valence-corrected chi connectivity index (χ1v) is 9.06. The molecule has 0 radical (unpaired) electrons. The molecule has 0 aliphatic heterocycles. The number of hydrogen-bond acceptors (Lipinski definition) is 3. The molecule has 0 unspecified atom stereocenters. The Labute approximate surface area is 126 Å². The van der Waals surface area contributed by atoms with Gasteiger partial charge in [0, 0.05) is 18.2 Å². The molecule has 1 saturated carbocycles. The molecule has 1 aromatic rings. The van der Waals surface area contributed by atoms with Gasteiger partial charge in [-0.2, -0.15) is 0 Å². The van der Waals surface area contributed by atoms with Gasteiger partial charge in [0.05, 0.1) is 0 Å². The number of aromatic nitrogens is 2. The van der Waals surface area contributed by atoms with E-state index in [4.69, 9.17) is 11.6 Å². The molecular formula is C15H25ClN2S. The van der Waals surface area contributed by atoms with Crippen LogP contribution in [-0.2, 0) is 6.42 Å². The average molecular weight is 301 g/mol. The lowest BCUT2D eigenvalue weighted by atomic mass is 9.80. The van der Waals surface area contributed by atoms with Crippen LogP contribution in [0.3, 0.4) is 0 Å². The lowest BCUT2D eigenvalue weighted by Crippen LogP contribution is -2.13. The Morgan fingerprint density at radius 1 is 1.16 bits per heavy atom. The SMILES string of the molecule is CCCCC1CCC(c2nnc(CCCCl)s2)CC1. The summed E-state index contributed by atoms with van der Waals surface area (Å²) < 4.78 is 0. The molecule has 0 bridgehead atoms. The van der Waals surface area contributed by atoms with Crippen molar-refractivity contribution >= 4 is 22.9 Å². The van der Waals surface area contributed by atoms with Crippen molar-refractivity contribution in [3.8, 4) is 0 Å². The highest BCUT2D eigenvalue weighted by molar-refractivity contribution is 7.11. The summed E-state index contributed by atoms with van der Waals surface area (Å²) in [5.74, 6) is 2.37. The second-order valence-corrected chi connectivity index (χ2v) is 7.16. The molecule has 1 aliphatic carbocycles. The third-order valence-corrected chi connectivity index (χ3v) is 5.58. The van der Waals surface area contributed by atoms with Crippen LogP contribution in [0.1, 0.15) is 74.2 Å². The Hall–Kier alpha value is -0.150. The molecule has 1 aliphatic rings. The molecule has 2 nitrogen and oxygen atoms in total. The molecule has 0 aromatic carbocycles. The third-order valence-electron chi connectivity index (χ3n) is 4.17. The predicted octanol–water partition coefficient (Wildman–Crippen LogP) is 5.17. The third kappa shape index (κ3) is 4.71. The summed E-state index contributed by atoms with van der Waals surface area (Å²) >= 11 is 7.54. The molecule has 2 rings (SSSR count). The normalized spacial score (nSPS) is 23.7. The van der Waals surface area contributed by atoms with E-state index >= 15 is 0 Å². The molecule has 108 valence electrons. The maximum absolute atomic E-state index is 5.72. The van der Waals surface area contributed by atoms with Gasteiger partial charge in [-0.1, -0.05) is 26.2 Å². The minimum atomic E-state index is 0.681. The van der Waals surface area contributed by atoms with E-state index in [1.54, 1.807) is 0 Å². The molecule has 4 heteroatoms. The highest BCUT2D eigenvalue weighted by Crippen LogP contribution is 2.38. The first-order chi connectivity index (χ1) is 9.33. The molecule has 0 atom stereocenters. The topological polar surface area (TPSA) is 25.8 Å². The summed E-state index contributed by atoms with van der Waals surface area (Å²) in [5.41, 5.74) is 0. The summed E-state index contributed by atoms with van der Waals surface area (Å²) in [4.78, 5) is 0. The number of nitrogens with zero attached hydrogens (tertiary/aromatic N) is 2. The molecule has 0 spiro atoms. The van der Waals surface area contributed by atoms with Crippen molar-refractivity contribution in [3.63, 3.8) is 0 Å². The van der Waals surface area contributed by atoms with Crippen molar-refractivity contribution in [3.05, 3.63) is 10.0 Å². The summed E-state index contributed by atoms with van der Waals surface area (Å²) in [6, 6.07) is 0.